The van der Waals surface area contributed by atoms with E-state index in [0.29, 0.717) is 0 Å². The number of rotatable bonds is 2. The van der Waals surface area contributed by atoms with Gasteiger partial charge in [0.15, 0.2) is 5.44 Å². The van der Waals surface area contributed by atoms with Gasteiger partial charge >= 0.3 is 0 Å². The predicted molar refractivity (Wildman–Crippen MR) is 32.4 cm³/mol. The molecule has 1 atom stereocenters. The fourth-order valence-corrected chi connectivity index (χ4v) is 1.03. The molecule has 0 amide bonds. The Morgan fingerprint density at radius 2 is 1.67 bits per heavy atom. The summed E-state index contributed by atoms with van der Waals surface area (Å²) in [5, 5.41) is 8.62. The molecule has 0 aromatic rings. The van der Waals surface area contributed by atoms with Crippen LogP contribution in [0.15, 0.2) is 0 Å². The van der Waals surface area contributed by atoms with E-state index in [0.717, 1.165) is 0 Å². The van der Waals surface area contributed by atoms with Crippen molar-refractivity contribution in [1.82, 2.24) is 0 Å². The summed E-state index contributed by atoms with van der Waals surface area (Å²) in [6.45, 7) is 3.00. The molecule has 56 valence electrons. The van der Waals surface area contributed by atoms with Crippen LogP contribution in [0.4, 0.5) is 0 Å². The fraction of sp³-hybridized carbons (Fsp3) is 1.00. The molecule has 0 saturated carbocycles. The second-order valence-electron chi connectivity index (χ2n) is 2.15. The normalized spacial score (nSPS) is 16.1. The van der Waals surface area contributed by atoms with Gasteiger partial charge in [-0.15, -0.1) is 0 Å². The zero-order valence-corrected chi connectivity index (χ0v) is 6.09. The van der Waals surface area contributed by atoms with E-state index < -0.39 is 21.5 Å². The Hall–Kier alpha value is -0.130. The van der Waals surface area contributed by atoms with E-state index in [1.165, 1.54) is 13.8 Å². The molecule has 0 aromatic carbocycles. The van der Waals surface area contributed by atoms with Crippen LogP contribution in [-0.4, -0.2) is 23.5 Å². The maximum absolute atomic E-state index is 10.1. The van der Waals surface area contributed by atoms with Crippen LogP contribution in [0.5, 0.6) is 0 Å². The molecule has 0 heterocycles. The van der Waals surface area contributed by atoms with Crippen molar-refractivity contribution in [3.8, 4) is 0 Å². The highest BCUT2D eigenvalue weighted by Crippen LogP contribution is 2.05. The number of aliphatic hydroxyl groups excluding tert-OH is 1. The molecule has 0 fully saturated rings. The topological polar surface area (TPSA) is 74.6 Å². The van der Waals surface area contributed by atoms with Crippen molar-refractivity contribution in [3.63, 3.8) is 0 Å². The second kappa shape index (κ2) is 2.64. The van der Waals surface area contributed by atoms with Crippen LogP contribution in [0.2, 0.25) is 0 Å². The van der Waals surface area contributed by atoms with Crippen molar-refractivity contribution < 1.29 is 18.1 Å². The van der Waals surface area contributed by atoms with E-state index in [-0.39, 0.29) is 0 Å². The number of hydrogen-bond donors (Lipinski definition) is 2. The molecule has 5 heteroatoms. The van der Waals surface area contributed by atoms with Gasteiger partial charge in [-0.25, -0.2) is 0 Å². The lowest BCUT2D eigenvalue weighted by molar-refractivity contribution is 0.186. The molecule has 0 spiro atoms. The summed E-state index contributed by atoms with van der Waals surface area (Å²) in [5.74, 6) is -0.472. The van der Waals surface area contributed by atoms with Gasteiger partial charge in [0, 0.05) is 0 Å². The van der Waals surface area contributed by atoms with Gasteiger partial charge in [0.1, 0.15) is 0 Å². The quantitative estimate of drug-likeness (QED) is 0.542. The molecule has 9 heavy (non-hydrogen) atoms. The third kappa shape index (κ3) is 2.78. The molecule has 4 nitrogen and oxygen atoms in total. The van der Waals surface area contributed by atoms with Crippen LogP contribution in [0.1, 0.15) is 13.8 Å². The minimum Gasteiger partial charge on any atom is -0.375 e. The highest BCUT2D eigenvalue weighted by atomic mass is 32.2. The van der Waals surface area contributed by atoms with Crippen LogP contribution in [0, 0.1) is 5.92 Å². The third-order valence-electron chi connectivity index (χ3n) is 0.875. The molecule has 0 aliphatic carbocycles. The van der Waals surface area contributed by atoms with E-state index >= 15 is 0 Å². The van der Waals surface area contributed by atoms with Crippen molar-refractivity contribution in [3.05, 3.63) is 0 Å². The molecular weight excluding hydrogens is 144 g/mol. The lowest BCUT2D eigenvalue weighted by Crippen LogP contribution is -2.25. The zero-order chi connectivity index (χ0) is 7.65. The van der Waals surface area contributed by atoms with Crippen molar-refractivity contribution >= 4 is 10.1 Å². The van der Waals surface area contributed by atoms with Crippen LogP contribution in [0.3, 0.4) is 0 Å². The summed E-state index contributed by atoms with van der Waals surface area (Å²) in [5.41, 5.74) is -1.66. The molecule has 0 saturated heterocycles. The fourth-order valence-electron chi connectivity index (χ4n) is 0.344. The molecule has 0 unspecified atom stereocenters. The lowest BCUT2D eigenvalue weighted by atomic mass is 10.2. The predicted octanol–water partition coefficient (Wildman–Crippen LogP) is -0.151. The van der Waals surface area contributed by atoms with Gasteiger partial charge in [0.2, 0.25) is 0 Å². The summed E-state index contributed by atoms with van der Waals surface area (Å²) in [4.78, 5) is 0. The lowest BCUT2D eigenvalue weighted by Gasteiger charge is -2.09. The van der Waals surface area contributed by atoms with Crippen LogP contribution >= 0.6 is 0 Å². The van der Waals surface area contributed by atoms with Crippen LogP contribution < -0.4 is 0 Å². The third-order valence-corrected chi connectivity index (χ3v) is 2.03. The smallest absolute Gasteiger partial charge is 0.292 e. The maximum atomic E-state index is 10.1. The molecule has 0 rings (SSSR count). The number of hydrogen-bond acceptors (Lipinski definition) is 3. The molecule has 0 aromatic heterocycles. The first-order valence-corrected chi connectivity index (χ1v) is 4.00. The minimum absolute atomic E-state index is 0.472. The summed E-state index contributed by atoms with van der Waals surface area (Å²) in [7, 11) is -4.25. The Labute approximate surface area is 54.3 Å². The van der Waals surface area contributed by atoms with Crippen LogP contribution in [-0.2, 0) is 10.1 Å². The van der Waals surface area contributed by atoms with Gasteiger partial charge < -0.3 is 5.11 Å². The maximum Gasteiger partial charge on any atom is 0.292 e. The van der Waals surface area contributed by atoms with Gasteiger partial charge in [-0.05, 0) is 5.92 Å². The van der Waals surface area contributed by atoms with Crippen LogP contribution in [0.25, 0.3) is 0 Å². The summed E-state index contributed by atoms with van der Waals surface area (Å²) >= 11 is 0. The first-order chi connectivity index (χ1) is 3.85. The molecule has 0 aliphatic rings. The van der Waals surface area contributed by atoms with Crippen molar-refractivity contribution in [2.45, 2.75) is 19.3 Å². The average Bonchev–Trinajstić information content (AvgIpc) is 1.62. The van der Waals surface area contributed by atoms with Gasteiger partial charge in [-0.2, -0.15) is 8.42 Å². The van der Waals surface area contributed by atoms with E-state index in [9.17, 15) is 8.42 Å². The van der Waals surface area contributed by atoms with E-state index in [1.54, 1.807) is 0 Å². The highest BCUT2D eigenvalue weighted by Gasteiger charge is 2.22. The van der Waals surface area contributed by atoms with E-state index in [1.807, 2.05) is 0 Å². The second-order valence-corrected chi connectivity index (χ2v) is 3.66. The molecule has 2 N–H and O–H groups in total. The Bertz CT molecular complexity index is 169. The van der Waals surface area contributed by atoms with Gasteiger partial charge in [-0.3, -0.25) is 4.55 Å². The van der Waals surface area contributed by atoms with E-state index in [4.69, 9.17) is 9.66 Å². The van der Waals surface area contributed by atoms with E-state index in [2.05, 4.69) is 0 Å². The monoisotopic (exact) mass is 154 g/mol. The Kier molecular flexibility index (Phi) is 2.60. The largest absolute Gasteiger partial charge is 0.375 e. The highest BCUT2D eigenvalue weighted by molar-refractivity contribution is 7.86. The summed E-state index contributed by atoms with van der Waals surface area (Å²) < 4.78 is 28.3. The zero-order valence-electron chi connectivity index (χ0n) is 5.27. The average molecular weight is 154 g/mol. The minimum atomic E-state index is -4.25. The van der Waals surface area contributed by atoms with Gasteiger partial charge in [-0.1, -0.05) is 13.8 Å². The first kappa shape index (κ1) is 8.87. The molecular formula is C4H10O4S. The standard InChI is InChI=1S/C4H10O4S/c1-3(2)4(5)9(6,7)8/h3-5H,1-2H3,(H,6,7,8)/t4-/m0/s1. The van der Waals surface area contributed by atoms with Gasteiger partial charge in [0.05, 0.1) is 0 Å². The molecule has 0 radical (unpaired) electrons. The van der Waals surface area contributed by atoms with Gasteiger partial charge in [0.25, 0.3) is 10.1 Å². The van der Waals surface area contributed by atoms with Crippen molar-refractivity contribution in [1.29, 1.82) is 0 Å². The first-order valence-electron chi connectivity index (χ1n) is 2.50. The Balaban J connectivity index is 4.24. The Morgan fingerprint density at radius 3 is 1.67 bits per heavy atom. The Morgan fingerprint density at radius 1 is 1.33 bits per heavy atom. The molecule has 0 aliphatic heterocycles. The van der Waals surface area contributed by atoms with Crippen molar-refractivity contribution in [2.75, 3.05) is 0 Å². The SMILES string of the molecule is CC(C)[C@@H](O)S(=O)(=O)O. The molecule has 0 bridgehead atoms. The number of aliphatic hydroxyl groups is 1. The van der Waals surface area contributed by atoms with Crippen molar-refractivity contribution in [2.24, 2.45) is 5.92 Å². The summed E-state index contributed by atoms with van der Waals surface area (Å²) in [6.07, 6.45) is 0. The summed E-state index contributed by atoms with van der Waals surface area (Å²) in [6, 6.07) is 0.